The van der Waals surface area contributed by atoms with Crippen molar-refractivity contribution in [3.63, 3.8) is 0 Å². The standard InChI is InChI=1S/C25H35N3O3/c29-23(22-10-7-17-28(22)25(31)20-8-3-1-4-9-20)26-18-19-11-13-21(14-12-19)24(30)27-15-5-2-6-16-27/h11-14,20,22H,1-10,15-18H2,(H,26,29)/t22-/m0/s1. The second-order valence-electron chi connectivity index (χ2n) is 9.29. The molecule has 1 N–H and O–H groups in total. The zero-order valence-corrected chi connectivity index (χ0v) is 18.5. The fraction of sp³-hybridized carbons (Fsp3) is 0.640. The van der Waals surface area contributed by atoms with E-state index in [2.05, 4.69) is 5.32 Å². The summed E-state index contributed by atoms with van der Waals surface area (Å²) < 4.78 is 0. The van der Waals surface area contributed by atoms with E-state index in [9.17, 15) is 14.4 Å². The average Bonchev–Trinajstić information content (AvgIpc) is 3.33. The molecule has 2 aliphatic heterocycles. The molecule has 0 unspecified atom stereocenters. The predicted molar refractivity (Wildman–Crippen MR) is 119 cm³/mol. The molecule has 3 amide bonds. The molecule has 0 radical (unpaired) electrons. The van der Waals surface area contributed by atoms with Crippen LogP contribution in [0.25, 0.3) is 0 Å². The SMILES string of the molecule is O=C(NCc1ccc(C(=O)N2CCCCC2)cc1)[C@@H]1CCCN1C(=O)C1CCCCC1. The first-order valence-electron chi connectivity index (χ1n) is 12.1. The molecule has 6 heteroatoms. The fourth-order valence-electron chi connectivity index (χ4n) is 5.24. The minimum atomic E-state index is -0.339. The van der Waals surface area contributed by atoms with Crippen molar-refractivity contribution >= 4 is 17.7 Å². The number of rotatable bonds is 5. The molecule has 1 saturated carbocycles. The number of nitrogens with one attached hydrogen (secondary N) is 1. The van der Waals surface area contributed by atoms with Gasteiger partial charge in [0.1, 0.15) is 6.04 Å². The third-order valence-electron chi connectivity index (χ3n) is 7.10. The Morgan fingerprint density at radius 2 is 1.48 bits per heavy atom. The first-order valence-corrected chi connectivity index (χ1v) is 12.1. The van der Waals surface area contributed by atoms with Gasteiger partial charge >= 0.3 is 0 Å². The van der Waals surface area contributed by atoms with Gasteiger partial charge in [-0.2, -0.15) is 0 Å². The number of piperidine rings is 1. The molecular formula is C25H35N3O3. The number of amides is 3. The van der Waals surface area contributed by atoms with Crippen LogP contribution >= 0.6 is 0 Å². The van der Waals surface area contributed by atoms with Crippen LogP contribution in [0.4, 0.5) is 0 Å². The summed E-state index contributed by atoms with van der Waals surface area (Å²) in [6.45, 7) is 2.79. The number of hydrogen-bond donors (Lipinski definition) is 1. The topological polar surface area (TPSA) is 69.7 Å². The smallest absolute Gasteiger partial charge is 0.253 e. The molecule has 31 heavy (non-hydrogen) atoms. The first kappa shape index (κ1) is 21.8. The van der Waals surface area contributed by atoms with Gasteiger partial charge in [-0.1, -0.05) is 31.4 Å². The number of carbonyl (C=O) groups excluding carboxylic acids is 3. The summed E-state index contributed by atoms with van der Waals surface area (Å²) in [4.78, 5) is 42.1. The van der Waals surface area contributed by atoms with Crippen molar-refractivity contribution < 1.29 is 14.4 Å². The highest BCUT2D eigenvalue weighted by atomic mass is 16.2. The molecule has 3 aliphatic rings. The van der Waals surface area contributed by atoms with Gasteiger partial charge in [-0.15, -0.1) is 0 Å². The maximum absolute atomic E-state index is 12.9. The van der Waals surface area contributed by atoms with Gasteiger partial charge < -0.3 is 15.1 Å². The lowest BCUT2D eigenvalue weighted by molar-refractivity contribution is -0.142. The van der Waals surface area contributed by atoms with E-state index in [0.717, 1.165) is 70.0 Å². The second kappa shape index (κ2) is 10.3. The van der Waals surface area contributed by atoms with Gasteiger partial charge in [-0.3, -0.25) is 14.4 Å². The molecule has 6 nitrogen and oxygen atoms in total. The normalized spacial score (nSPS) is 22.4. The molecule has 2 heterocycles. The van der Waals surface area contributed by atoms with Crippen molar-refractivity contribution in [2.75, 3.05) is 19.6 Å². The van der Waals surface area contributed by atoms with E-state index in [1.165, 1.54) is 12.8 Å². The van der Waals surface area contributed by atoms with E-state index in [-0.39, 0.29) is 29.7 Å². The van der Waals surface area contributed by atoms with Crippen LogP contribution in [0.3, 0.4) is 0 Å². The van der Waals surface area contributed by atoms with Gasteiger partial charge in [0.05, 0.1) is 0 Å². The highest BCUT2D eigenvalue weighted by Gasteiger charge is 2.37. The van der Waals surface area contributed by atoms with Crippen LogP contribution in [-0.4, -0.2) is 53.2 Å². The van der Waals surface area contributed by atoms with E-state index in [1.807, 2.05) is 34.1 Å². The van der Waals surface area contributed by atoms with Gasteiger partial charge in [0.25, 0.3) is 5.91 Å². The average molecular weight is 426 g/mol. The molecule has 2 saturated heterocycles. The van der Waals surface area contributed by atoms with Crippen LogP contribution in [-0.2, 0) is 16.1 Å². The fourth-order valence-corrected chi connectivity index (χ4v) is 5.24. The second-order valence-corrected chi connectivity index (χ2v) is 9.29. The number of hydrogen-bond acceptors (Lipinski definition) is 3. The molecule has 0 bridgehead atoms. The van der Waals surface area contributed by atoms with E-state index in [0.29, 0.717) is 18.7 Å². The number of carbonyl (C=O) groups is 3. The Hall–Kier alpha value is -2.37. The molecule has 1 aromatic carbocycles. The van der Waals surface area contributed by atoms with Crippen molar-refractivity contribution in [3.8, 4) is 0 Å². The van der Waals surface area contributed by atoms with Crippen molar-refractivity contribution in [1.29, 1.82) is 0 Å². The molecule has 0 aromatic heterocycles. The molecule has 4 rings (SSSR count). The monoisotopic (exact) mass is 425 g/mol. The Balaban J connectivity index is 1.29. The molecule has 1 aliphatic carbocycles. The summed E-state index contributed by atoms with van der Waals surface area (Å²) in [6.07, 6.45) is 10.4. The highest BCUT2D eigenvalue weighted by Crippen LogP contribution is 2.29. The number of nitrogens with zero attached hydrogens (tertiary/aromatic N) is 2. The summed E-state index contributed by atoms with van der Waals surface area (Å²) in [5, 5.41) is 3.01. The van der Waals surface area contributed by atoms with E-state index >= 15 is 0 Å². The van der Waals surface area contributed by atoms with Gasteiger partial charge in [-0.05, 0) is 62.6 Å². The van der Waals surface area contributed by atoms with Crippen molar-refractivity contribution in [2.24, 2.45) is 5.92 Å². The zero-order chi connectivity index (χ0) is 21.6. The Morgan fingerprint density at radius 1 is 0.806 bits per heavy atom. The number of likely N-dealkylation sites (tertiary alicyclic amines) is 2. The molecular weight excluding hydrogens is 390 g/mol. The van der Waals surface area contributed by atoms with Gasteiger partial charge in [-0.25, -0.2) is 0 Å². The van der Waals surface area contributed by atoms with Crippen LogP contribution in [0.5, 0.6) is 0 Å². The summed E-state index contributed by atoms with van der Waals surface area (Å²) in [6, 6.07) is 7.20. The van der Waals surface area contributed by atoms with E-state index < -0.39 is 0 Å². The molecule has 168 valence electrons. The van der Waals surface area contributed by atoms with Crippen LogP contribution in [0.15, 0.2) is 24.3 Å². The lowest BCUT2D eigenvalue weighted by Crippen LogP contribution is -2.47. The lowest BCUT2D eigenvalue weighted by atomic mass is 9.88. The molecule has 1 atom stereocenters. The van der Waals surface area contributed by atoms with Crippen LogP contribution in [0.2, 0.25) is 0 Å². The third-order valence-corrected chi connectivity index (χ3v) is 7.10. The Kier molecular flexibility index (Phi) is 7.25. The Labute approximate surface area is 185 Å². The Morgan fingerprint density at radius 3 is 2.19 bits per heavy atom. The van der Waals surface area contributed by atoms with Crippen molar-refractivity contribution in [1.82, 2.24) is 15.1 Å². The molecule has 0 spiro atoms. The summed E-state index contributed by atoms with van der Waals surface area (Å²) in [5.74, 6) is 0.318. The van der Waals surface area contributed by atoms with E-state index in [4.69, 9.17) is 0 Å². The Bertz CT molecular complexity index is 780. The minimum Gasteiger partial charge on any atom is -0.350 e. The predicted octanol–water partition coefficient (Wildman–Crippen LogP) is 3.50. The van der Waals surface area contributed by atoms with Crippen molar-refractivity contribution in [2.45, 2.75) is 76.8 Å². The number of benzene rings is 1. The zero-order valence-electron chi connectivity index (χ0n) is 18.5. The summed E-state index contributed by atoms with van der Waals surface area (Å²) >= 11 is 0. The molecule has 1 aromatic rings. The van der Waals surface area contributed by atoms with Gasteiger partial charge in [0.2, 0.25) is 11.8 Å². The van der Waals surface area contributed by atoms with Gasteiger partial charge in [0, 0.05) is 37.7 Å². The summed E-state index contributed by atoms with van der Waals surface area (Å²) in [5.41, 5.74) is 1.67. The van der Waals surface area contributed by atoms with Crippen LogP contribution in [0.1, 0.15) is 80.1 Å². The third kappa shape index (κ3) is 5.28. The van der Waals surface area contributed by atoms with Gasteiger partial charge in [0.15, 0.2) is 0 Å². The molecule has 3 fully saturated rings. The lowest BCUT2D eigenvalue weighted by Gasteiger charge is -2.30. The van der Waals surface area contributed by atoms with Crippen LogP contribution in [0, 0.1) is 5.92 Å². The maximum Gasteiger partial charge on any atom is 0.253 e. The van der Waals surface area contributed by atoms with Crippen LogP contribution < -0.4 is 5.32 Å². The first-order chi connectivity index (χ1) is 15.1. The minimum absolute atomic E-state index is 0.0601. The quantitative estimate of drug-likeness (QED) is 0.785. The van der Waals surface area contributed by atoms with E-state index in [1.54, 1.807) is 0 Å². The maximum atomic E-state index is 12.9. The summed E-state index contributed by atoms with van der Waals surface area (Å²) in [7, 11) is 0. The van der Waals surface area contributed by atoms with Crippen molar-refractivity contribution in [3.05, 3.63) is 35.4 Å². The highest BCUT2D eigenvalue weighted by molar-refractivity contribution is 5.94. The largest absolute Gasteiger partial charge is 0.350 e.